The number of para-hydroxylation sites is 1. The van der Waals surface area contributed by atoms with Gasteiger partial charge in [0.15, 0.2) is 5.78 Å². The molecule has 0 atom stereocenters. The van der Waals surface area contributed by atoms with Crippen molar-refractivity contribution in [3.05, 3.63) is 47.6 Å². The van der Waals surface area contributed by atoms with E-state index in [0.29, 0.717) is 0 Å². The quantitative estimate of drug-likeness (QED) is 0.604. The first-order chi connectivity index (χ1) is 7.09. The number of ketones is 1. The van der Waals surface area contributed by atoms with E-state index in [1.54, 1.807) is 30.4 Å². The molecule has 0 saturated carbocycles. The lowest BCUT2D eigenvalue weighted by Gasteiger charge is -1.97. The number of benzene rings is 1. The lowest BCUT2D eigenvalue weighted by atomic mass is 10.1. The molecule has 0 amide bonds. The molecule has 2 nitrogen and oxygen atoms in total. The Morgan fingerprint density at radius 2 is 1.93 bits per heavy atom. The minimum absolute atomic E-state index is 0.0226. The van der Waals surface area contributed by atoms with E-state index in [9.17, 15) is 9.90 Å². The number of rotatable bonds is 3. The highest BCUT2D eigenvalue weighted by Gasteiger charge is 1.93. The topological polar surface area (TPSA) is 37.3 Å². The number of hydrogen-bond donors (Lipinski definition) is 1. The van der Waals surface area contributed by atoms with Crippen LogP contribution in [0.15, 0.2) is 42.0 Å². The van der Waals surface area contributed by atoms with Crippen LogP contribution in [0.5, 0.6) is 5.75 Å². The highest BCUT2D eigenvalue weighted by atomic mass is 16.3. The first-order valence-corrected chi connectivity index (χ1v) is 4.74. The summed E-state index contributed by atoms with van der Waals surface area (Å²) in [6, 6.07) is 7.06. The van der Waals surface area contributed by atoms with Gasteiger partial charge in [0, 0.05) is 5.56 Å². The number of carbonyl (C=O) groups is 1. The van der Waals surface area contributed by atoms with Gasteiger partial charge < -0.3 is 5.11 Å². The van der Waals surface area contributed by atoms with Crippen molar-refractivity contribution in [3.63, 3.8) is 0 Å². The van der Waals surface area contributed by atoms with E-state index in [1.165, 1.54) is 6.92 Å². The minimum atomic E-state index is 0.0226. The second-order valence-electron chi connectivity index (χ2n) is 3.39. The van der Waals surface area contributed by atoms with E-state index in [0.717, 1.165) is 11.1 Å². The normalized spacial score (nSPS) is 12.0. The second kappa shape index (κ2) is 5.15. The molecule has 0 aliphatic carbocycles. The molecule has 1 aromatic carbocycles. The molecule has 78 valence electrons. The van der Waals surface area contributed by atoms with Crippen LogP contribution in [0.2, 0.25) is 0 Å². The third kappa shape index (κ3) is 3.81. The third-order valence-corrected chi connectivity index (χ3v) is 1.89. The second-order valence-corrected chi connectivity index (χ2v) is 3.39. The van der Waals surface area contributed by atoms with Crippen molar-refractivity contribution in [3.8, 4) is 5.75 Å². The molecule has 1 aromatic rings. The standard InChI is InChI=1S/C13H14O2/c1-10(9-11(2)14)7-8-12-5-3-4-6-13(12)15/h3-9,15H,1-2H3/b8-7+,10-9+. The highest BCUT2D eigenvalue weighted by Crippen LogP contribution is 2.17. The molecule has 0 aliphatic rings. The zero-order chi connectivity index (χ0) is 11.3. The summed E-state index contributed by atoms with van der Waals surface area (Å²) in [4.78, 5) is 10.8. The van der Waals surface area contributed by atoms with Crippen LogP contribution in [0.25, 0.3) is 6.08 Å². The first kappa shape index (κ1) is 11.2. The third-order valence-electron chi connectivity index (χ3n) is 1.89. The van der Waals surface area contributed by atoms with Crippen molar-refractivity contribution in [2.24, 2.45) is 0 Å². The van der Waals surface area contributed by atoms with Crippen LogP contribution in [0.3, 0.4) is 0 Å². The van der Waals surface area contributed by atoms with Crippen molar-refractivity contribution in [1.82, 2.24) is 0 Å². The molecule has 1 rings (SSSR count). The van der Waals surface area contributed by atoms with Gasteiger partial charge in [0.05, 0.1) is 0 Å². The SMILES string of the molecule is CC(=O)/C=C(C)/C=C/c1ccccc1O. The molecule has 0 saturated heterocycles. The summed E-state index contributed by atoms with van der Waals surface area (Å²) in [6.45, 7) is 3.36. The Hall–Kier alpha value is -1.83. The van der Waals surface area contributed by atoms with Gasteiger partial charge in [-0.2, -0.15) is 0 Å². The average molecular weight is 202 g/mol. The van der Waals surface area contributed by atoms with E-state index in [2.05, 4.69) is 0 Å². The Bertz CT molecular complexity index is 414. The zero-order valence-corrected chi connectivity index (χ0v) is 8.90. The van der Waals surface area contributed by atoms with Crippen LogP contribution < -0.4 is 0 Å². The van der Waals surface area contributed by atoms with Crippen LogP contribution >= 0.6 is 0 Å². The van der Waals surface area contributed by atoms with Crippen LogP contribution in [-0.2, 0) is 4.79 Å². The molecule has 0 radical (unpaired) electrons. The number of allylic oxidation sites excluding steroid dienone is 3. The maximum absolute atomic E-state index is 10.8. The van der Waals surface area contributed by atoms with Gasteiger partial charge in [0.25, 0.3) is 0 Å². The molecule has 15 heavy (non-hydrogen) atoms. The Morgan fingerprint density at radius 3 is 2.53 bits per heavy atom. The molecular formula is C13H14O2. The Balaban J connectivity index is 2.83. The Morgan fingerprint density at radius 1 is 1.27 bits per heavy atom. The first-order valence-electron chi connectivity index (χ1n) is 4.74. The number of aromatic hydroxyl groups is 1. The van der Waals surface area contributed by atoms with Gasteiger partial charge in [-0.1, -0.05) is 30.4 Å². The fourth-order valence-corrected chi connectivity index (χ4v) is 1.22. The smallest absolute Gasteiger partial charge is 0.152 e. The predicted octanol–water partition coefficient (Wildman–Crippen LogP) is 2.94. The molecule has 0 aliphatic heterocycles. The summed E-state index contributed by atoms with van der Waals surface area (Å²) in [5.74, 6) is 0.263. The van der Waals surface area contributed by atoms with Gasteiger partial charge in [0.1, 0.15) is 5.75 Å². The molecule has 0 fully saturated rings. The van der Waals surface area contributed by atoms with Gasteiger partial charge in [-0.15, -0.1) is 0 Å². The lowest BCUT2D eigenvalue weighted by Crippen LogP contribution is -1.82. The minimum Gasteiger partial charge on any atom is -0.507 e. The maximum atomic E-state index is 10.8. The molecule has 0 bridgehead atoms. The van der Waals surface area contributed by atoms with Crippen molar-refractivity contribution in [2.75, 3.05) is 0 Å². The molecule has 0 unspecified atom stereocenters. The zero-order valence-electron chi connectivity index (χ0n) is 8.90. The summed E-state index contributed by atoms with van der Waals surface area (Å²) >= 11 is 0. The lowest BCUT2D eigenvalue weighted by molar-refractivity contribution is -0.112. The average Bonchev–Trinajstić information content (AvgIpc) is 2.15. The predicted molar refractivity (Wildman–Crippen MR) is 61.6 cm³/mol. The summed E-state index contributed by atoms with van der Waals surface area (Å²) in [6.07, 6.45) is 5.14. The number of phenolic OH excluding ortho intramolecular Hbond substituents is 1. The summed E-state index contributed by atoms with van der Waals surface area (Å²) in [7, 11) is 0. The van der Waals surface area contributed by atoms with Crippen LogP contribution in [0.1, 0.15) is 19.4 Å². The fourth-order valence-electron chi connectivity index (χ4n) is 1.22. The summed E-state index contributed by atoms with van der Waals surface area (Å²) in [5, 5.41) is 9.47. The molecule has 0 spiro atoms. The Kier molecular flexibility index (Phi) is 3.86. The summed E-state index contributed by atoms with van der Waals surface area (Å²) < 4.78 is 0. The van der Waals surface area contributed by atoms with Crippen molar-refractivity contribution < 1.29 is 9.90 Å². The van der Waals surface area contributed by atoms with E-state index in [-0.39, 0.29) is 11.5 Å². The molecule has 1 N–H and O–H groups in total. The van der Waals surface area contributed by atoms with Crippen LogP contribution in [0, 0.1) is 0 Å². The van der Waals surface area contributed by atoms with Gasteiger partial charge >= 0.3 is 0 Å². The van der Waals surface area contributed by atoms with Crippen molar-refractivity contribution >= 4 is 11.9 Å². The monoisotopic (exact) mass is 202 g/mol. The van der Waals surface area contributed by atoms with Gasteiger partial charge in [0.2, 0.25) is 0 Å². The fraction of sp³-hybridized carbons (Fsp3) is 0.154. The largest absolute Gasteiger partial charge is 0.507 e. The van der Waals surface area contributed by atoms with E-state index >= 15 is 0 Å². The molecule has 0 heterocycles. The highest BCUT2D eigenvalue weighted by molar-refractivity contribution is 5.88. The van der Waals surface area contributed by atoms with Crippen molar-refractivity contribution in [1.29, 1.82) is 0 Å². The number of phenols is 1. The number of hydrogen-bond acceptors (Lipinski definition) is 2. The van der Waals surface area contributed by atoms with E-state index < -0.39 is 0 Å². The van der Waals surface area contributed by atoms with Crippen LogP contribution in [0.4, 0.5) is 0 Å². The number of carbonyl (C=O) groups excluding carboxylic acids is 1. The Labute approximate surface area is 89.6 Å². The maximum Gasteiger partial charge on any atom is 0.152 e. The van der Waals surface area contributed by atoms with E-state index in [1.807, 2.05) is 19.1 Å². The molecular weight excluding hydrogens is 188 g/mol. The molecule has 2 heteroatoms. The van der Waals surface area contributed by atoms with Gasteiger partial charge in [-0.3, -0.25) is 4.79 Å². The van der Waals surface area contributed by atoms with Gasteiger partial charge in [-0.05, 0) is 31.6 Å². The summed E-state index contributed by atoms with van der Waals surface area (Å²) in [5.41, 5.74) is 1.61. The van der Waals surface area contributed by atoms with Crippen LogP contribution in [-0.4, -0.2) is 10.9 Å². The molecule has 0 aromatic heterocycles. The van der Waals surface area contributed by atoms with Gasteiger partial charge in [-0.25, -0.2) is 0 Å². The van der Waals surface area contributed by atoms with Crippen molar-refractivity contribution in [2.45, 2.75) is 13.8 Å². The van der Waals surface area contributed by atoms with E-state index in [4.69, 9.17) is 0 Å².